The van der Waals surface area contributed by atoms with Crippen molar-refractivity contribution in [2.75, 3.05) is 0 Å². The van der Waals surface area contributed by atoms with Gasteiger partial charge in [0, 0.05) is 0 Å². The number of benzene rings is 3. The fraction of sp³-hybridized carbons (Fsp3) is 0.0909. The van der Waals surface area contributed by atoms with Crippen LogP contribution in [0.5, 0.6) is 0 Å². The van der Waals surface area contributed by atoms with E-state index in [1.54, 1.807) is 0 Å². The molecule has 0 N–H and O–H groups in total. The molecule has 0 aromatic heterocycles. The monoisotopic (exact) mass is 286 g/mol. The lowest BCUT2D eigenvalue weighted by molar-refractivity contribution is 1.46. The summed E-state index contributed by atoms with van der Waals surface area (Å²) >= 11 is 0. The van der Waals surface area contributed by atoms with Crippen LogP contribution in [0.4, 0.5) is 0 Å². The summed E-state index contributed by atoms with van der Waals surface area (Å²) in [5.41, 5.74) is 6.24. The van der Waals surface area contributed by atoms with Gasteiger partial charge in [0.05, 0.1) is 0 Å². The van der Waals surface area contributed by atoms with Gasteiger partial charge in [0.1, 0.15) is 0 Å². The van der Waals surface area contributed by atoms with E-state index in [0.29, 0.717) is 0 Å². The lowest BCUT2D eigenvalue weighted by Gasteiger charge is -2.09. The normalized spacial score (nSPS) is 9.68. The molecule has 0 aliphatic rings. The van der Waals surface area contributed by atoms with Gasteiger partial charge >= 0.3 is 0 Å². The Morgan fingerprint density at radius 3 is 1.55 bits per heavy atom. The summed E-state index contributed by atoms with van der Waals surface area (Å²) in [4.78, 5) is 0. The molecule has 0 amide bonds. The summed E-state index contributed by atoms with van der Waals surface area (Å²) in [6.45, 7) is 2.11. The second kappa shape index (κ2) is 7.42. The molecule has 0 heterocycles. The summed E-state index contributed by atoms with van der Waals surface area (Å²) in [6.07, 6.45) is 2.25. The molecule has 0 fully saturated rings. The van der Waals surface area contributed by atoms with E-state index in [4.69, 9.17) is 0 Å². The number of rotatable bonds is 3. The van der Waals surface area contributed by atoms with Crippen LogP contribution in [0.3, 0.4) is 0 Å². The SMILES string of the molecule is C.Cc1ccc(C=C(c2ccccc2)c2ccccc2)cc1. The van der Waals surface area contributed by atoms with E-state index in [9.17, 15) is 0 Å². The van der Waals surface area contributed by atoms with Crippen molar-refractivity contribution >= 4 is 11.6 Å². The van der Waals surface area contributed by atoms with Crippen molar-refractivity contribution < 1.29 is 0 Å². The predicted molar refractivity (Wildman–Crippen MR) is 97.8 cm³/mol. The van der Waals surface area contributed by atoms with E-state index in [0.717, 1.165) is 0 Å². The summed E-state index contributed by atoms with van der Waals surface area (Å²) in [6, 6.07) is 29.7. The summed E-state index contributed by atoms with van der Waals surface area (Å²) in [5, 5.41) is 0. The van der Waals surface area contributed by atoms with Crippen LogP contribution in [0.15, 0.2) is 84.9 Å². The van der Waals surface area contributed by atoms with Crippen molar-refractivity contribution in [1.82, 2.24) is 0 Å². The maximum atomic E-state index is 2.25. The Kier molecular flexibility index (Phi) is 5.32. The third-order valence-corrected chi connectivity index (χ3v) is 3.56. The smallest absolute Gasteiger partial charge is 0.0105 e. The summed E-state index contributed by atoms with van der Waals surface area (Å²) in [5.74, 6) is 0. The summed E-state index contributed by atoms with van der Waals surface area (Å²) in [7, 11) is 0. The average molecular weight is 286 g/mol. The first-order valence-corrected chi connectivity index (χ1v) is 7.22. The third-order valence-electron chi connectivity index (χ3n) is 3.56. The van der Waals surface area contributed by atoms with Gasteiger partial charge in [-0.15, -0.1) is 0 Å². The molecule has 0 atom stereocenters. The largest absolute Gasteiger partial charge is 0.0776 e. The lowest BCUT2D eigenvalue weighted by Crippen LogP contribution is -1.88. The highest BCUT2D eigenvalue weighted by Crippen LogP contribution is 2.25. The molecule has 22 heavy (non-hydrogen) atoms. The van der Waals surface area contributed by atoms with Gasteiger partial charge in [0.2, 0.25) is 0 Å². The fourth-order valence-corrected chi connectivity index (χ4v) is 2.40. The Morgan fingerprint density at radius 1 is 0.636 bits per heavy atom. The van der Waals surface area contributed by atoms with E-state index >= 15 is 0 Å². The van der Waals surface area contributed by atoms with Gasteiger partial charge in [-0.3, -0.25) is 0 Å². The highest BCUT2D eigenvalue weighted by Gasteiger charge is 2.04. The highest BCUT2D eigenvalue weighted by molar-refractivity contribution is 5.91. The molecule has 0 spiro atoms. The fourth-order valence-electron chi connectivity index (χ4n) is 2.40. The zero-order valence-corrected chi connectivity index (χ0v) is 12.2. The Hall–Kier alpha value is -2.60. The van der Waals surface area contributed by atoms with E-state index in [1.807, 2.05) is 0 Å². The third kappa shape index (κ3) is 3.73. The molecular formula is C22H22. The van der Waals surface area contributed by atoms with Crippen molar-refractivity contribution in [1.29, 1.82) is 0 Å². The van der Waals surface area contributed by atoms with E-state index in [1.165, 1.54) is 27.8 Å². The number of aryl methyl sites for hydroxylation is 1. The quantitative estimate of drug-likeness (QED) is 0.501. The first-order chi connectivity index (χ1) is 10.3. The number of hydrogen-bond acceptors (Lipinski definition) is 0. The molecule has 3 aromatic rings. The Morgan fingerprint density at radius 2 is 1.09 bits per heavy atom. The van der Waals surface area contributed by atoms with Crippen LogP contribution in [0, 0.1) is 6.92 Å². The maximum Gasteiger partial charge on any atom is -0.0105 e. The van der Waals surface area contributed by atoms with E-state index in [2.05, 4.69) is 97.9 Å². The Labute approximate surface area is 133 Å². The number of hydrogen-bond donors (Lipinski definition) is 0. The molecule has 3 aromatic carbocycles. The molecule has 0 aliphatic heterocycles. The van der Waals surface area contributed by atoms with Crippen LogP contribution in [-0.2, 0) is 0 Å². The van der Waals surface area contributed by atoms with Crippen molar-refractivity contribution in [3.63, 3.8) is 0 Å². The Bertz CT molecular complexity index is 679. The first-order valence-electron chi connectivity index (χ1n) is 7.22. The summed E-state index contributed by atoms with van der Waals surface area (Å²) < 4.78 is 0. The minimum atomic E-state index is 0. The Balaban J connectivity index is 0.00000176. The molecule has 0 unspecified atom stereocenters. The molecule has 0 saturated carbocycles. The standard InChI is InChI=1S/C21H18.CH4/c1-17-12-14-18(15-13-17)16-21(19-8-4-2-5-9-19)20-10-6-3-7-11-20;/h2-16H,1H3;1H4. The van der Waals surface area contributed by atoms with Gasteiger partial charge in [0.15, 0.2) is 0 Å². The second-order valence-corrected chi connectivity index (χ2v) is 5.20. The minimum absolute atomic E-state index is 0. The molecule has 0 bridgehead atoms. The minimum Gasteiger partial charge on any atom is -0.0776 e. The van der Waals surface area contributed by atoms with Crippen LogP contribution >= 0.6 is 0 Å². The van der Waals surface area contributed by atoms with E-state index < -0.39 is 0 Å². The van der Waals surface area contributed by atoms with Crippen molar-refractivity contribution in [2.45, 2.75) is 14.4 Å². The van der Waals surface area contributed by atoms with Crippen LogP contribution in [0.25, 0.3) is 11.6 Å². The zero-order chi connectivity index (χ0) is 14.5. The average Bonchev–Trinajstić information content (AvgIpc) is 2.56. The van der Waals surface area contributed by atoms with Crippen LogP contribution in [0.2, 0.25) is 0 Å². The van der Waals surface area contributed by atoms with Gasteiger partial charge in [-0.1, -0.05) is 97.9 Å². The molecule has 110 valence electrons. The first kappa shape index (κ1) is 15.8. The topological polar surface area (TPSA) is 0 Å². The molecule has 0 nitrogen and oxygen atoms in total. The molecule has 3 rings (SSSR count). The van der Waals surface area contributed by atoms with Gasteiger partial charge < -0.3 is 0 Å². The van der Waals surface area contributed by atoms with Crippen molar-refractivity contribution in [3.05, 3.63) is 107 Å². The molecule has 0 radical (unpaired) electrons. The van der Waals surface area contributed by atoms with Gasteiger partial charge in [0.25, 0.3) is 0 Å². The van der Waals surface area contributed by atoms with E-state index in [-0.39, 0.29) is 7.43 Å². The van der Waals surface area contributed by atoms with Crippen LogP contribution in [0.1, 0.15) is 29.7 Å². The maximum absolute atomic E-state index is 2.25. The molecular weight excluding hydrogens is 264 g/mol. The van der Waals surface area contributed by atoms with Crippen molar-refractivity contribution in [2.24, 2.45) is 0 Å². The van der Waals surface area contributed by atoms with Gasteiger partial charge in [-0.2, -0.15) is 0 Å². The molecule has 0 aliphatic carbocycles. The van der Waals surface area contributed by atoms with Crippen LogP contribution < -0.4 is 0 Å². The van der Waals surface area contributed by atoms with Gasteiger partial charge in [-0.25, -0.2) is 0 Å². The van der Waals surface area contributed by atoms with Gasteiger partial charge in [-0.05, 0) is 35.3 Å². The highest BCUT2D eigenvalue weighted by atomic mass is 14.1. The lowest BCUT2D eigenvalue weighted by atomic mass is 9.95. The van der Waals surface area contributed by atoms with Crippen molar-refractivity contribution in [3.8, 4) is 0 Å². The zero-order valence-electron chi connectivity index (χ0n) is 12.2. The predicted octanol–water partition coefficient (Wildman–Crippen LogP) is 6.22. The molecule has 0 heteroatoms. The van der Waals surface area contributed by atoms with Crippen LogP contribution in [-0.4, -0.2) is 0 Å². The molecule has 0 saturated heterocycles. The second-order valence-electron chi connectivity index (χ2n) is 5.20.